The molecule has 3 aromatic rings. The predicted molar refractivity (Wildman–Crippen MR) is 85.4 cm³/mol. The number of rotatable bonds is 2. The first kappa shape index (κ1) is 16.4. The number of aryl methyl sites for hydroxylation is 2. The number of fused-ring (bicyclic) bond motifs is 3. The summed E-state index contributed by atoms with van der Waals surface area (Å²) in [7, 11) is 0. The first-order valence-corrected chi connectivity index (χ1v) is 7.88. The van der Waals surface area contributed by atoms with Crippen molar-refractivity contribution in [3.8, 4) is 16.9 Å². The fraction of sp³-hybridized carbons (Fsp3) is 0.222. The number of aromatic nitrogens is 2. The third-order valence-corrected chi connectivity index (χ3v) is 4.40. The van der Waals surface area contributed by atoms with Crippen molar-refractivity contribution in [3.05, 3.63) is 58.7 Å². The molecular weight excluding hydrogens is 349 g/mol. The van der Waals surface area contributed by atoms with E-state index in [1.807, 2.05) is 0 Å². The van der Waals surface area contributed by atoms with E-state index in [1.54, 1.807) is 13.0 Å². The minimum Gasteiger partial charge on any atom is -0.478 e. The number of hydrogen-bond acceptors (Lipinski definition) is 3. The van der Waals surface area contributed by atoms with Crippen LogP contribution < -0.4 is 0 Å². The van der Waals surface area contributed by atoms with E-state index in [2.05, 4.69) is 5.10 Å². The number of benzene rings is 1. The van der Waals surface area contributed by atoms with E-state index < -0.39 is 17.8 Å². The lowest BCUT2D eigenvalue weighted by Crippen LogP contribution is -2.11. The Hall–Kier alpha value is -3.03. The van der Waals surface area contributed by atoms with Gasteiger partial charge in [-0.2, -0.15) is 18.3 Å². The number of halogens is 3. The van der Waals surface area contributed by atoms with Gasteiger partial charge < -0.3 is 9.52 Å². The summed E-state index contributed by atoms with van der Waals surface area (Å²) < 4.78 is 47.3. The van der Waals surface area contributed by atoms with E-state index in [4.69, 9.17) is 9.52 Å². The van der Waals surface area contributed by atoms with Gasteiger partial charge >= 0.3 is 12.1 Å². The first-order chi connectivity index (χ1) is 12.3. The van der Waals surface area contributed by atoms with Crippen LogP contribution in [0.1, 0.15) is 33.1 Å². The van der Waals surface area contributed by atoms with E-state index >= 15 is 0 Å². The molecule has 134 valence electrons. The quantitative estimate of drug-likeness (QED) is 0.740. The van der Waals surface area contributed by atoms with Crippen LogP contribution in [0.2, 0.25) is 0 Å². The zero-order valence-corrected chi connectivity index (χ0v) is 13.6. The van der Waals surface area contributed by atoms with Gasteiger partial charge in [-0.05, 0) is 43.7 Å². The lowest BCUT2D eigenvalue weighted by Gasteiger charge is -2.14. The van der Waals surface area contributed by atoms with Crippen molar-refractivity contribution >= 4 is 5.97 Å². The van der Waals surface area contributed by atoms with Gasteiger partial charge in [0.15, 0.2) is 5.69 Å². The second kappa shape index (κ2) is 5.48. The molecule has 2 aromatic heterocycles. The van der Waals surface area contributed by atoms with Gasteiger partial charge in [-0.3, -0.25) is 0 Å². The molecule has 1 aromatic carbocycles. The van der Waals surface area contributed by atoms with Crippen LogP contribution in [0.4, 0.5) is 13.2 Å². The molecular formula is C18H13F3N2O3. The molecule has 0 unspecified atom stereocenters. The third kappa shape index (κ3) is 2.49. The number of alkyl halides is 3. The maximum atomic E-state index is 13.5. The van der Waals surface area contributed by atoms with Crippen LogP contribution in [0.3, 0.4) is 0 Å². The topological polar surface area (TPSA) is 68.3 Å². The van der Waals surface area contributed by atoms with Gasteiger partial charge in [0.05, 0.1) is 16.9 Å². The van der Waals surface area contributed by atoms with Crippen LogP contribution >= 0.6 is 0 Å². The maximum absolute atomic E-state index is 13.5. The highest BCUT2D eigenvalue weighted by molar-refractivity contribution is 5.87. The van der Waals surface area contributed by atoms with E-state index in [9.17, 15) is 18.0 Å². The van der Waals surface area contributed by atoms with Crippen LogP contribution in [-0.2, 0) is 19.0 Å². The lowest BCUT2D eigenvalue weighted by molar-refractivity contribution is -0.142. The van der Waals surface area contributed by atoms with Gasteiger partial charge in [0, 0.05) is 17.5 Å². The second-order valence-corrected chi connectivity index (χ2v) is 6.13. The Kier molecular flexibility index (Phi) is 3.47. The van der Waals surface area contributed by atoms with Crippen molar-refractivity contribution in [2.24, 2.45) is 0 Å². The molecule has 2 heterocycles. The molecule has 0 amide bonds. The van der Waals surface area contributed by atoms with Crippen LogP contribution in [0, 0.1) is 6.92 Å². The van der Waals surface area contributed by atoms with Crippen molar-refractivity contribution in [3.63, 3.8) is 0 Å². The van der Waals surface area contributed by atoms with Crippen molar-refractivity contribution in [1.29, 1.82) is 0 Å². The Morgan fingerprint density at radius 1 is 1.23 bits per heavy atom. The fourth-order valence-corrected chi connectivity index (χ4v) is 3.31. The van der Waals surface area contributed by atoms with Crippen molar-refractivity contribution < 1.29 is 27.5 Å². The Labute approximate surface area is 145 Å². The monoisotopic (exact) mass is 362 g/mol. The second-order valence-electron chi connectivity index (χ2n) is 6.13. The number of aromatic carboxylic acids is 1. The van der Waals surface area contributed by atoms with E-state index in [1.165, 1.54) is 28.9 Å². The molecule has 8 heteroatoms. The van der Waals surface area contributed by atoms with Gasteiger partial charge in [0.2, 0.25) is 0 Å². The number of furan rings is 1. The van der Waals surface area contributed by atoms with Crippen LogP contribution in [0.5, 0.6) is 0 Å². The summed E-state index contributed by atoms with van der Waals surface area (Å²) in [6.45, 7) is 1.74. The summed E-state index contributed by atoms with van der Waals surface area (Å²) in [6, 6.07) is 7.26. The predicted octanol–water partition coefficient (Wildman–Crippen LogP) is 4.26. The largest absolute Gasteiger partial charge is 0.478 e. The molecule has 1 aliphatic carbocycles. The van der Waals surface area contributed by atoms with E-state index in [0.717, 1.165) is 0 Å². The fourth-order valence-electron chi connectivity index (χ4n) is 3.31. The SMILES string of the molecule is Cc1cc2c(o1)CCc1c(C(F)(F)F)nn(-c3ccc(C(=O)O)cc3)c1-2. The minimum absolute atomic E-state index is 0.0469. The van der Waals surface area contributed by atoms with Gasteiger partial charge in [0.25, 0.3) is 0 Å². The summed E-state index contributed by atoms with van der Waals surface area (Å²) in [5.74, 6) is 0.139. The molecule has 0 saturated heterocycles. The number of nitrogens with zero attached hydrogens (tertiary/aromatic N) is 2. The summed E-state index contributed by atoms with van der Waals surface area (Å²) in [4.78, 5) is 11.0. The first-order valence-electron chi connectivity index (χ1n) is 7.88. The Morgan fingerprint density at radius 2 is 1.92 bits per heavy atom. The lowest BCUT2D eigenvalue weighted by atomic mass is 9.93. The molecule has 4 rings (SSSR count). The standard InChI is InChI=1S/C18H13F3N2O3/c1-9-8-13-14(26-9)7-6-12-15(13)23(22-16(12)18(19,20)21)11-4-2-10(3-5-11)17(24)25/h2-5,8H,6-7H2,1H3,(H,24,25). The van der Waals surface area contributed by atoms with Crippen LogP contribution in [-0.4, -0.2) is 20.9 Å². The molecule has 26 heavy (non-hydrogen) atoms. The van der Waals surface area contributed by atoms with Crippen molar-refractivity contribution in [2.75, 3.05) is 0 Å². The number of carboxylic acid groups (broad SMARTS) is 1. The maximum Gasteiger partial charge on any atom is 0.435 e. The average Bonchev–Trinajstić information content (AvgIpc) is 3.14. The van der Waals surface area contributed by atoms with Gasteiger partial charge in [-0.1, -0.05) is 0 Å². The molecule has 0 spiro atoms. The van der Waals surface area contributed by atoms with Gasteiger partial charge in [0.1, 0.15) is 11.5 Å². The van der Waals surface area contributed by atoms with Gasteiger partial charge in [-0.15, -0.1) is 0 Å². The van der Waals surface area contributed by atoms with E-state index in [0.29, 0.717) is 34.9 Å². The molecule has 0 aliphatic heterocycles. The van der Waals surface area contributed by atoms with Crippen LogP contribution in [0.15, 0.2) is 34.7 Å². The third-order valence-electron chi connectivity index (χ3n) is 4.40. The molecule has 0 bridgehead atoms. The molecule has 0 atom stereocenters. The average molecular weight is 362 g/mol. The Morgan fingerprint density at radius 3 is 2.54 bits per heavy atom. The number of carboxylic acids is 1. The Balaban J connectivity index is 1.96. The summed E-state index contributed by atoms with van der Waals surface area (Å²) >= 11 is 0. The zero-order valence-electron chi connectivity index (χ0n) is 13.6. The highest BCUT2D eigenvalue weighted by Crippen LogP contribution is 2.43. The molecule has 0 fully saturated rings. The molecule has 1 N–H and O–H groups in total. The normalized spacial score (nSPS) is 13.4. The van der Waals surface area contributed by atoms with Crippen molar-refractivity contribution in [2.45, 2.75) is 25.9 Å². The highest BCUT2D eigenvalue weighted by atomic mass is 19.4. The summed E-state index contributed by atoms with van der Waals surface area (Å²) in [6.07, 6.45) is -4.02. The molecule has 5 nitrogen and oxygen atoms in total. The highest BCUT2D eigenvalue weighted by Gasteiger charge is 2.41. The molecule has 0 saturated carbocycles. The number of hydrogen-bond donors (Lipinski definition) is 1. The van der Waals surface area contributed by atoms with Crippen LogP contribution in [0.25, 0.3) is 16.9 Å². The summed E-state index contributed by atoms with van der Waals surface area (Å²) in [5.41, 5.74) is 0.555. The van der Waals surface area contributed by atoms with Gasteiger partial charge in [-0.25, -0.2) is 9.48 Å². The zero-order chi connectivity index (χ0) is 18.6. The molecule has 0 radical (unpaired) electrons. The number of carbonyl (C=O) groups is 1. The van der Waals surface area contributed by atoms with Crippen molar-refractivity contribution in [1.82, 2.24) is 9.78 Å². The minimum atomic E-state index is -4.58. The van der Waals surface area contributed by atoms with E-state index in [-0.39, 0.29) is 17.5 Å². The summed E-state index contributed by atoms with van der Waals surface area (Å²) in [5, 5.41) is 12.8. The smallest absolute Gasteiger partial charge is 0.435 e. The Bertz CT molecular complexity index is 1010. The molecule has 1 aliphatic rings.